The standard InChI is InChI=1S/C5H11F.C5H5N/c1-2-3-4-5-6;1-2-4-6-5-3-1/h2-5H2,1H3;1-5H. The van der Waals surface area contributed by atoms with Crippen LogP contribution in [0.25, 0.3) is 0 Å². The van der Waals surface area contributed by atoms with Crippen LogP contribution in [0.2, 0.25) is 0 Å². The summed E-state index contributed by atoms with van der Waals surface area (Å²) < 4.78 is 11.2. The molecular formula is C10H16FN. The molecule has 0 saturated heterocycles. The predicted octanol–water partition coefficient (Wildman–Crippen LogP) is 3.23. The van der Waals surface area contributed by atoms with Gasteiger partial charge in [-0.2, -0.15) is 0 Å². The molecule has 0 aliphatic rings. The van der Waals surface area contributed by atoms with Gasteiger partial charge in [0.25, 0.3) is 0 Å². The van der Waals surface area contributed by atoms with Crippen LogP contribution >= 0.6 is 0 Å². The molecule has 0 fully saturated rings. The molecule has 0 aliphatic heterocycles. The molecule has 2 heteroatoms. The van der Waals surface area contributed by atoms with Crippen LogP contribution in [0, 0.1) is 0 Å². The predicted molar refractivity (Wildman–Crippen MR) is 49.7 cm³/mol. The van der Waals surface area contributed by atoms with Crippen molar-refractivity contribution in [3.05, 3.63) is 30.6 Å². The van der Waals surface area contributed by atoms with E-state index in [1.807, 2.05) is 18.2 Å². The average molecular weight is 169 g/mol. The fraction of sp³-hybridized carbons (Fsp3) is 0.500. The molecule has 0 atom stereocenters. The van der Waals surface area contributed by atoms with Crippen molar-refractivity contribution in [1.29, 1.82) is 0 Å². The Labute approximate surface area is 73.6 Å². The Kier molecular flexibility index (Phi) is 9.31. The molecule has 0 N–H and O–H groups in total. The zero-order valence-electron chi connectivity index (χ0n) is 7.54. The van der Waals surface area contributed by atoms with E-state index in [2.05, 4.69) is 11.9 Å². The van der Waals surface area contributed by atoms with Gasteiger partial charge in [0.05, 0.1) is 6.67 Å². The summed E-state index contributed by atoms with van der Waals surface area (Å²) in [4.78, 5) is 3.78. The molecular weight excluding hydrogens is 153 g/mol. The number of alkyl halides is 1. The monoisotopic (exact) mass is 169 g/mol. The van der Waals surface area contributed by atoms with Gasteiger partial charge in [-0.25, -0.2) is 0 Å². The molecule has 0 saturated carbocycles. The van der Waals surface area contributed by atoms with Crippen LogP contribution in [0.1, 0.15) is 26.2 Å². The normalized spacial score (nSPS) is 8.50. The minimum absolute atomic E-state index is 0.145. The summed E-state index contributed by atoms with van der Waals surface area (Å²) in [5, 5.41) is 0. The van der Waals surface area contributed by atoms with Crippen LogP contribution in [0.15, 0.2) is 30.6 Å². The van der Waals surface area contributed by atoms with Gasteiger partial charge in [-0.3, -0.25) is 9.37 Å². The van der Waals surface area contributed by atoms with E-state index in [1.165, 1.54) is 0 Å². The van der Waals surface area contributed by atoms with Crippen molar-refractivity contribution in [1.82, 2.24) is 4.98 Å². The Morgan fingerprint density at radius 3 is 1.92 bits per heavy atom. The topological polar surface area (TPSA) is 12.9 Å². The maximum absolute atomic E-state index is 11.2. The lowest BCUT2D eigenvalue weighted by molar-refractivity contribution is 0.460. The fourth-order valence-electron chi connectivity index (χ4n) is 0.657. The minimum Gasteiger partial charge on any atom is -0.265 e. The first-order valence-corrected chi connectivity index (χ1v) is 4.32. The largest absolute Gasteiger partial charge is 0.265 e. The highest BCUT2D eigenvalue weighted by Crippen LogP contribution is 1.91. The van der Waals surface area contributed by atoms with E-state index in [9.17, 15) is 4.39 Å². The summed E-state index contributed by atoms with van der Waals surface area (Å²) in [5.41, 5.74) is 0. The van der Waals surface area contributed by atoms with Crippen molar-refractivity contribution in [3.63, 3.8) is 0 Å². The van der Waals surface area contributed by atoms with Crippen molar-refractivity contribution >= 4 is 0 Å². The molecule has 1 heterocycles. The maximum atomic E-state index is 11.2. The third-order valence-electron chi connectivity index (χ3n) is 1.30. The van der Waals surface area contributed by atoms with Gasteiger partial charge in [0, 0.05) is 12.4 Å². The lowest BCUT2D eigenvalue weighted by Crippen LogP contribution is -1.72. The molecule has 1 aromatic rings. The van der Waals surface area contributed by atoms with E-state index in [1.54, 1.807) is 12.4 Å². The molecule has 1 aromatic heterocycles. The summed E-state index contributed by atoms with van der Waals surface area (Å²) in [6.07, 6.45) is 6.40. The maximum Gasteiger partial charge on any atom is 0.0894 e. The van der Waals surface area contributed by atoms with E-state index in [-0.39, 0.29) is 6.67 Å². The van der Waals surface area contributed by atoms with E-state index in [0.717, 1.165) is 19.3 Å². The van der Waals surface area contributed by atoms with Crippen LogP contribution in [-0.4, -0.2) is 11.7 Å². The van der Waals surface area contributed by atoms with Gasteiger partial charge in [-0.1, -0.05) is 25.8 Å². The third-order valence-corrected chi connectivity index (χ3v) is 1.30. The zero-order chi connectivity index (χ0) is 9.07. The number of rotatable bonds is 3. The number of hydrogen-bond donors (Lipinski definition) is 0. The SMILES string of the molecule is CCCCCF.c1ccncc1. The Balaban J connectivity index is 0.000000202. The van der Waals surface area contributed by atoms with Crippen molar-refractivity contribution in [3.8, 4) is 0 Å². The van der Waals surface area contributed by atoms with E-state index in [0.29, 0.717) is 0 Å². The molecule has 0 radical (unpaired) electrons. The Morgan fingerprint density at radius 1 is 1.08 bits per heavy atom. The second-order valence-corrected chi connectivity index (χ2v) is 2.42. The van der Waals surface area contributed by atoms with Crippen molar-refractivity contribution in [2.24, 2.45) is 0 Å². The molecule has 0 unspecified atom stereocenters. The Morgan fingerprint density at radius 2 is 1.75 bits per heavy atom. The molecule has 12 heavy (non-hydrogen) atoms. The highest BCUT2D eigenvalue weighted by Gasteiger charge is 1.78. The summed E-state index contributed by atoms with van der Waals surface area (Å²) in [5.74, 6) is 0. The zero-order valence-corrected chi connectivity index (χ0v) is 7.54. The van der Waals surface area contributed by atoms with Gasteiger partial charge in [0.1, 0.15) is 0 Å². The first-order valence-electron chi connectivity index (χ1n) is 4.32. The summed E-state index contributed by atoms with van der Waals surface area (Å²) in [6.45, 7) is 1.92. The summed E-state index contributed by atoms with van der Waals surface area (Å²) in [6, 6.07) is 5.72. The van der Waals surface area contributed by atoms with Gasteiger partial charge in [0.2, 0.25) is 0 Å². The van der Waals surface area contributed by atoms with Crippen molar-refractivity contribution in [2.45, 2.75) is 26.2 Å². The molecule has 0 aromatic carbocycles. The van der Waals surface area contributed by atoms with Gasteiger partial charge < -0.3 is 0 Å². The number of nitrogens with zero attached hydrogens (tertiary/aromatic N) is 1. The second kappa shape index (κ2) is 10.1. The number of pyridine rings is 1. The summed E-state index contributed by atoms with van der Waals surface area (Å²) in [7, 11) is 0. The quantitative estimate of drug-likeness (QED) is 0.633. The van der Waals surface area contributed by atoms with Crippen LogP contribution in [0.3, 0.4) is 0 Å². The van der Waals surface area contributed by atoms with Crippen LogP contribution in [0.5, 0.6) is 0 Å². The first-order chi connectivity index (χ1) is 5.91. The smallest absolute Gasteiger partial charge is 0.0894 e. The van der Waals surface area contributed by atoms with Gasteiger partial charge in [-0.15, -0.1) is 0 Å². The minimum atomic E-state index is -0.145. The molecule has 0 aliphatic carbocycles. The number of aromatic nitrogens is 1. The Hall–Kier alpha value is -0.920. The molecule has 0 spiro atoms. The third kappa shape index (κ3) is 9.08. The van der Waals surface area contributed by atoms with Gasteiger partial charge in [-0.05, 0) is 18.6 Å². The highest BCUT2D eigenvalue weighted by atomic mass is 19.1. The van der Waals surface area contributed by atoms with Gasteiger partial charge >= 0.3 is 0 Å². The molecule has 0 amide bonds. The van der Waals surface area contributed by atoms with E-state index in [4.69, 9.17) is 0 Å². The fourth-order valence-corrected chi connectivity index (χ4v) is 0.657. The molecule has 68 valence electrons. The Bertz CT molecular complexity index is 122. The molecule has 1 rings (SSSR count). The molecule has 1 nitrogen and oxygen atoms in total. The summed E-state index contributed by atoms with van der Waals surface area (Å²) >= 11 is 0. The lowest BCUT2D eigenvalue weighted by Gasteiger charge is -1.84. The number of unbranched alkanes of at least 4 members (excludes halogenated alkanes) is 2. The van der Waals surface area contributed by atoms with Crippen LogP contribution in [-0.2, 0) is 0 Å². The molecule has 0 bridgehead atoms. The van der Waals surface area contributed by atoms with Crippen molar-refractivity contribution in [2.75, 3.05) is 6.67 Å². The van der Waals surface area contributed by atoms with Crippen molar-refractivity contribution < 1.29 is 4.39 Å². The van der Waals surface area contributed by atoms with Crippen LogP contribution < -0.4 is 0 Å². The van der Waals surface area contributed by atoms with Crippen LogP contribution in [0.4, 0.5) is 4.39 Å². The highest BCUT2D eigenvalue weighted by molar-refractivity contribution is 4.88. The first kappa shape index (κ1) is 11.1. The lowest BCUT2D eigenvalue weighted by atomic mass is 10.3. The second-order valence-electron chi connectivity index (χ2n) is 2.42. The van der Waals surface area contributed by atoms with E-state index >= 15 is 0 Å². The average Bonchev–Trinajstić information content (AvgIpc) is 2.18. The van der Waals surface area contributed by atoms with Gasteiger partial charge in [0.15, 0.2) is 0 Å². The number of halogens is 1. The number of hydrogen-bond acceptors (Lipinski definition) is 1. The van der Waals surface area contributed by atoms with E-state index < -0.39 is 0 Å².